The van der Waals surface area contributed by atoms with Crippen LogP contribution in [0.1, 0.15) is 22.3 Å². The van der Waals surface area contributed by atoms with E-state index in [-0.39, 0.29) is 12.6 Å². The molecule has 3 N–H and O–H groups in total. The van der Waals surface area contributed by atoms with Crippen molar-refractivity contribution in [3.63, 3.8) is 0 Å². The number of hydrogen-bond acceptors (Lipinski definition) is 2. The number of rotatable bonds is 6. The summed E-state index contributed by atoms with van der Waals surface area (Å²) < 4.78 is 0. The van der Waals surface area contributed by atoms with Crippen LogP contribution in [0.15, 0.2) is 48.5 Å². The second-order valence-corrected chi connectivity index (χ2v) is 5.26. The third-order valence-electron chi connectivity index (χ3n) is 3.61. The summed E-state index contributed by atoms with van der Waals surface area (Å²) in [6.45, 7) is 3.20. The Morgan fingerprint density at radius 2 is 1.68 bits per heavy atom. The van der Waals surface area contributed by atoms with Gasteiger partial charge in [0.15, 0.2) is 0 Å². The number of aliphatic hydroxyl groups excluding tert-OH is 1. The molecule has 4 nitrogen and oxygen atoms in total. The summed E-state index contributed by atoms with van der Waals surface area (Å²) in [5.41, 5.74) is 4.33. The number of hydrogen-bond donors (Lipinski definition) is 3. The smallest absolute Gasteiger partial charge is 0.315 e. The number of aryl methyl sites for hydroxylation is 1. The zero-order valence-corrected chi connectivity index (χ0v) is 12.8. The summed E-state index contributed by atoms with van der Waals surface area (Å²) in [7, 11) is 0. The first kappa shape index (κ1) is 16.0. The maximum atomic E-state index is 11.8. The Bertz CT molecular complexity index is 609. The van der Waals surface area contributed by atoms with Crippen molar-refractivity contribution in [2.75, 3.05) is 6.54 Å². The maximum absolute atomic E-state index is 11.8. The SMILES string of the molecule is Cc1ccccc1CNC(=O)NCCc1ccc(CO)cc1. The van der Waals surface area contributed by atoms with Gasteiger partial charge in [0, 0.05) is 13.1 Å². The van der Waals surface area contributed by atoms with Crippen molar-refractivity contribution in [1.82, 2.24) is 10.6 Å². The van der Waals surface area contributed by atoms with E-state index < -0.39 is 0 Å². The van der Waals surface area contributed by atoms with E-state index >= 15 is 0 Å². The average molecular weight is 298 g/mol. The summed E-state index contributed by atoms with van der Waals surface area (Å²) in [5.74, 6) is 0. The Hall–Kier alpha value is -2.33. The molecule has 2 aromatic rings. The van der Waals surface area contributed by atoms with Crippen LogP contribution in [0, 0.1) is 6.92 Å². The summed E-state index contributed by atoms with van der Waals surface area (Å²) in [6, 6.07) is 15.6. The van der Waals surface area contributed by atoms with Crippen LogP contribution in [0.3, 0.4) is 0 Å². The van der Waals surface area contributed by atoms with Gasteiger partial charge in [-0.3, -0.25) is 0 Å². The molecule has 2 amide bonds. The minimum atomic E-state index is -0.157. The summed E-state index contributed by atoms with van der Waals surface area (Å²) in [4.78, 5) is 11.8. The Kier molecular flexibility index (Phi) is 5.98. The summed E-state index contributed by atoms with van der Waals surface area (Å²) in [5, 5.41) is 14.7. The number of aliphatic hydroxyl groups is 1. The van der Waals surface area contributed by atoms with E-state index in [0.29, 0.717) is 13.1 Å². The normalized spacial score (nSPS) is 10.3. The number of amides is 2. The predicted molar refractivity (Wildman–Crippen MR) is 87.5 cm³/mol. The highest BCUT2D eigenvalue weighted by Gasteiger charge is 2.02. The Morgan fingerprint density at radius 1 is 1.00 bits per heavy atom. The lowest BCUT2D eigenvalue weighted by Gasteiger charge is -2.09. The number of carbonyl (C=O) groups excluding carboxylic acids is 1. The molecule has 0 aromatic heterocycles. The molecular formula is C18H22N2O2. The van der Waals surface area contributed by atoms with E-state index in [2.05, 4.69) is 10.6 Å². The van der Waals surface area contributed by atoms with Crippen molar-refractivity contribution < 1.29 is 9.90 Å². The minimum absolute atomic E-state index is 0.0554. The molecule has 0 aliphatic carbocycles. The van der Waals surface area contributed by atoms with Gasteiger partial charge in [-0.25, -0.2) is 4.79 Å². The molecule has 0 heterocycles. The maximum Gasteiger partial charge on any atom is 0.315 e. The van der Waals surface area contributed by atoms with Crippen molar-refractivity contribution in [2.24, 2.45) is 0 Å². The molecule has 0 radical (unpaired) electrons. The van der Waals surface area contributed by atoms with Crippen LogP contribution in [-0.2, 0) is 19.6 Å². The molecule has 0 spiro atoms. The topological polar surface area (TPSA) is 61.4 Å². The number of nitrogens with one attached hydrogen (secondary N) is 2. The molecule has 0 atom stereocenters. The van der Waals surface area contributed by atoms with Crippen molar-refractivity contribution in [3.05, 3.63) is 70.8 Å². The molecule has 4 heteroatoms. The minimum Gasteiger partial charge on any atom is -0.392 e. The molecule has 0 bridgehead atoms. The standard InChI is InChI=1S/C18H22N2O2/c1-14-4-2-3-5-17(14)12-20-18(22)19-11-10-15-6-8-16(13-21)9-7-15/h2-9,21H,10-13H2,1H3,(H2,19,20,22). The second kappa shape index (κ2) is 8.20. The zero-order chi connectivity index (χ0) is 15.8. The third kappa shape index (κ3) is 4.90. The van der Waals surface area contributed by atoms with Gasteiger partial charge in [0.25, 0.3) is 0 Å². The van der Waals surface area contributed by atoms with Gasteiger partial charge in [-0.2, -0.15) is 0 Å². The van der Waals surface area contributed by atoms with Crippen molar-refractivity contribution >= 4 is 6.03 Å². The summed E-state index contributed by atoms with van der Waals surface area (Å²) in [6.07, 6.45) is 0.767. The van der Waals surface area contributed by atoms with E-state index in [0.717, 1.165) is 23.1 Å². The monoisotopic (exact) mass is 298 g/mol. The van der Waals surface area contributed by atoms with Crippen LogP contribution in [0.2, 0.25) is 0 Å². The van der Waals surface area contributed by atoms with Crippen LogP contribution < -0.4 is 10.6 Å². The van der Waals surface area contributed by atoms with Crippen LogP contribution in [0.25, 0.3) is 0 Å². The van der Waals surface area contributed by atoms with Gasteiger partial charge in [-0.15, -0.1) is 0 Å². The molecule has 0 unspecified atom stereocenters. The average Bonchev–Trinajstić information content (AvgIpc) is 2.55. The molecule has 0 aliphatic rings. The van der Waals surface area contributed by atoms with E-state index in [4.69, 9.17) is 5.11 Å². The van der Waals surface area contributed by atoms with E-state index in [9.17, 15) is 4.79 Å². The summed E-state index contributed by atoms with van der Waals surface area (Å²) >= 11 is 0. The lowest BCUT2D eigenvalue weighted by Crippen LogP contribution is -2.36. The van der Waals surface area contributed by atoms with Gasteiger partial charge in [-0.1, -0.05) is 48.5 Å². The van der Waals surface area contributed by atoms with Crippen molar-refractivity contribution in [1.29, 1.82) is 0 Å². The predicted octanol–water partition coefficient (Wildman–Crippen LogP) is 2.53. The van der Waals surface area contributed by atoms with Crippen molar-refractivity contribution in [3.8, 4) is 0 Å². The Balaban J connectivity index is 1.70. The second-order valence-electron chi connectivity index (χ2n) is 5.26. The van der Waals surface area contributed by atoms with E-state index in [1.807, 2.05) is 55.5 Å². The van der Waals surface area contributed by atoms with Crippen LogP contribution in [-0.4, -0.2) is 17.7 Å². The molecule has 2 aromatic carbocycles. The molecule has 116 valence electrons. The van der Waals surface area contributed by atoms with Gasteiger partial charge in [-0.05, 0) is 35.6 Å². The van der Waals surface area contributed by atoms with E-state index in [1.54, 1.807) is 0 Å². The first-order valence-corrected chi connectivity index (χ1v) is 7.44. The van der Waals surface area contributed by atoms with Crippen LogP contribution in [0.4, 0.5) is 4.79 Å². The molecule has 2 rings (SSSR count). The molecule has 0 aliphatic heterocycles. The molecule has 0 saturated heterocycles. The zero-order valence-electron chi connectivity index (χ0n) is 12.8. The van der Waals surface area contributed by atoms with Crippen LogP contribution >= 0.6 is 0 Å². The fourth-order valence-electron chi connectivity index (χ4n) is 2.18. The Labute approximate surface area is 131 Å². The van der Waals surface area contributed by atoms with Gasteiger partial charge in [0.05, 0.1) is 6.61 Å². The number of carbonyl (C=O) groups is 1. The highest BCUT2D eigenvalue weighted by atomic mass is 16.3. The van der Waals surface area contributed by atoms with E-state index in [1.165, 1.54) is 5.56 Å². The highest BCUT2D eigenvalue weighted by Crippen LogP contribution is 2.06. The fraction of sp³-hybridized carbons (Fsp3) is 0.278. The van der Waals surface area contributed by atoms with Crippen molar-refractivity contribution in [2.45, 2.75) is 26.5 Å². The van der Waals surface area contributed by atoms with Gasteiger partial charge in [0.2, 0.25) is 0 Å². The first-order chi connectivity index (χ1) is 10.7. The van der Waals surface area contributed by atoms with Gasteiger partial charge >= 0.3 is 6.03 Å². The molecule has 22 heavy (non-hydrogen) atoms. The molecule has 0 saturated carbocycles. The number of urea groups is 1. The fourth-order valence-corrected chi connectivity index (χ4v) is 2.18. The van der Waals surface area contributed by atoms with Gasteiger partial charge < -0.3 is 15.7 Å². The third-order valence-corrected chi connectivity index (χ3v) is 3.61. The van der Waals surface area contributed by atoms with Crippen LogP contribution in [0.5, 0.6) is 0 Å². The lowest BCUT2D eigenvalue weighted by molar-refractivity contribution is 0.240. The Morgan fingerprint density at radius 3 is 2.36 bits per heavy atom. The van der Waals surface area contributed by atoms with Gasteiger partial charge in [0.1, 0.15) is 0 Å². The largest absolute Gasteiger partial charge is 0.392 e. The molecular weight excluding hydrogens is 276 g/mol. The lowest BCUT2D eigenvalue weighted by atomic mass is 10.1. The first-order valence-electron chi connectivity index (χ1n) is 7.44. The quantitative estimate of drug-likeness (QED) is 0.767. The molecule has 0 fully saturated rings. The highest BCUT2D eigenvalue weighted by molar-refractivity contribution is 5.73. The number of benzene rings is 2.